The first-order valence-electron chi connectivity index (χ1n) is 7.29. The molecule has 0 bridgehead atoms. The van der Waals surface area contributed by atoms with Gasteiger partial charge in [0, 0.05) is 25.8 Å². The number of halogens is 1. The Morgan fingerprint density at radius 2 is 2.30 bits per heavy atom. The molecule has 2 N–H and O–H groups in total. The van der Waals surface area contributed by atoms with E-state index in [-0.39, 0.29) is 36.0 Å². The van der Waals surface area contributed by atoms with Gasteiger partial charge < -0.3 is 15.4 Å². The second-order valence-electron chi connectivity index (χ2n) is 5.62. The van der Waals surface area contributed by atoms with Gasteiger partial charge in [-0.25, -0.2) is 0 Å². The molecule has 1 aromatic carbocycles. The Hall–Kier alpha value is -1.70. The second-order valence-corrected chi connectivity index (χ2v) is 5.62. The fourth-order valence-electron chi connectivity index (χ4n) is 2.77. The molecule has 1 amide bonds. The molecule has 0 aliphatic carbocycles. The number of nitro groups is 1. The molecule has 1 aliphatic rings. The molecule has 0 radical (unpaired) electrons. The maximum atomic E-state index is 12.0. The topological polar surface area (TPSA) is 93.5 Å². The number of amides is 1. The van der Waals surface area contributed by atoms with Crippen molar-refractivity contribution in [2.45, 2.75) is 24.8 Å². The number of benzene rings is 1. The van der Waals surface area contributed by atoms with Crippen molar-refractivity contribution in [1.82, 2.24) is 10.6 Å². The average Bonchev–Trinajstić information content (AvgIpc) is 2.95. The summed E-state index contributed by atoms with van der Waals surface area (Å²) in [4.78, 5) is 22.3. The summed E-state index contributed by atoms with van der Waals surface area (Å²) in [7, 11) is 1.65. The molecule has 1 aliphatic heterocycles. The molecule has 1 saturated heterocycles. The molecule has 8 heteroatoms. The van der Waals surface area contributed by atoms with E-state index in [9.17, 15) is 14.9 Å². The first-order valence-corrected chi connectivity index (χ1v) is 7.29. The lowest BCUT2D eigenvalue weighted by Crippen LogP contribution is -2.53. The van der Waals surface area contributed by atoms with Crippen molar-refractivity contribution in [3.63, 3.8) is 0 Å². The zero-order valence-electron chi connectivity index (χ0n) is 13.0. The summed E-state index contributed by atoms with van der Waals surface area (Å²) in [6, 6.07) is 6.15. The maximum Gasteiger partial charge on any atom is 0.269 e. The van der Waals surface area contributed by atoms with Crippen LogP contribution >= 0.6 is 12.4 Å². The van der Waals surface area contributed by atoms with Gasteiger partial charge in [-0.1, -0.05) is 12.1 Å². The van der Waals surface area contributed by atoms with Gasteiger partial charge in [-0.2, -0.15) is 0 Å². The molecule has 1 unspecified atom stereocenters. The van der Waals surface area contributed by atoms with Gasteiger partial charge in [0.2, 0.25) is 5.91 Å². The molecular weight excluding hydrogens is 322 g/mol. The third-order valence-electron chi connectivity index (χ3n) is 3.86. The highest BCUT2D eigenvalue weighted by atomic mass is 35.5. The Labute approximate surface area is 141 Å². The fraction of sp³-hybridized carbons (Fsp3) is 0.533. The highest BCUT2D eigenvalue weighted by Gasteiger charge is 2.33. The van der Waals surface area contributed by atoms with Gasteiger partial charge in [0.25, 0.3) is 5.69 Å². The smallest absolute Gasteiger partial charge is 0.269 e. The molecule has 1 aromatic rings. The van der Waals surface area contributed by atoms with Gasteiger partial charge in [-0.15, -0.1) is 12.4 Å². The van der Waals surface area contributed by atoms with E-state index < -0.39 is 4.92 Å². The van der Waals surface area contributed by atoms with Gasteiger partial charge in [-0.3, -0.25) is 14.9 Å². The molecular formula is C15H22ClN3O4. The van der Waals surface area contributed by atoms with Crippen molar-refractivity contribution < 1.29 is 14.5 Å². The van der Waals surface area contributed by atoms with Gasteiger partial charge in [0.1, 0.15) is 0 Å². The zero-order valence-corrected chi connectivity index (χ0v) is 13.9. The van der Waals surface area contributed by atoms with Crippen molar-refractivity contribution in [3.05, 3.63) is 39.9 Å². The summed E-state index contributed by atoms with van der Waals surface area (Å²) in [6.07, 6.45) is 2.15. The monoisotopic (exact) mass is 343 g/mol. The number of nitro benzene ring substituents is 1. The Kier molecular flexibility index (Phi) is 7.41. The lowest BCUT2D eigenvalue weighted by Gasteiger charge is -2.29. The molecule has 1 heterocycles. The fourth-order valence-corrected chi connectivity index (χ4v) is 2.77. The Morgan fingerprint density at radius 1 is 1.52 bits per heavy atom. The minimum Gasteiger partial charge on any atom is -0.383 e. The number of ether oxygens (including phenoxy) is 1. The highest BCUT2D eigenvalue weighted by molar-refractivity contribution is 5.85. The molecule has 0 saturated carbocycles. The van der Waals surface area contributed by atoms with E-state index >= 15 is 0 Å². The van der Waals surface area contributed by atoms with Crippen LogP contribution in [0.1, 0.15) is 18.4 Å². The van der Waals surface area contributed by atoms with Crippen molar-refractivity contribution in [2.24, 2.45) is 0 Å². The number of non-ortho nitro benzene ring substituents is 1. The lowest BCUT2D eigenvalue weighted by atomic mass is 9.98. The number of nitrogens with zero attached hydrogens (tertiary/aromatic N) is 1. The number of methoxy groups -OCH3 is 1. The van der Waals surface area contributed by atoms with E-state index in [2.05, 4.69) is 10.6 Å². The van der Waals surface area contributed by atoms with Crippen LogP contribution in [0.25, 0.3) is 0 Å². The van der Waals surface area contributed by atoms with Crippen LogP contribution in [-0.4, -0.2) is 43.2 Å². The van der Waals surface area contributed by atoms with Crippen molar-refractivity contribution in [1.29, 1.82) is 0 Å². The van der Waals surface area contributed by atoms with Crippen molar-refractivity contribution in [3.8, 4) is 0 Å². The third-order valence-corrected chi connectivity index (χ3v) is 3.86. The Balaban J connectivity index is 0.00000264. The van der Waals surface area contributed by atoms with Crippen molar-refractivity contribution >= 4 is 24.0 Å². The standard InChI is InChI=1S/C15H21N3O4.ClH/c1-22-11-15(6-3-7-17-15)10-16-14(19)9-12-4-2-5-13(8-12)18(20)21;/h2,4-5,8,17H,3,6-7,9-11H2,1H3,(H,16,19);1H. The van der Waals surface area contributed by atoms with E-state index in [4.69, 9.17) is 4.74 Å². The first-order chi connectivity index (χ1) is 10.5. The predicted molar refractivity (Wildman–Crippen MR) is 88.9 cm³/mol. The molecule has 2 rings (SSSR count). The number of rotatable bonds is 7. The van der Waals surface area contributed by atoms with Crippen molar-refractivity contribution in [2.75, 3.05) is 26.8 Å². The largest absolute Gasteiger partial charge is 0.383 e. The zero-order chi connectivity index (χ0) is 16.0. The Morgan fingerprint density at radius 3 is 2.91 bits per heavy atom. The van der Waals surface area contributed by atoms with Crippen LogP contribution in [0.5, 0.6) is 0 Å². The molecule has 7 nitrogen and oxygen atoms in total. The van der Waals surface area contributed by atoms with Crippen LogP contribution in [0.15, 0.2) is 24.3 Å². The van der Waals surface area contributed by atoms with E-state index in [1.54, 1.807) is 19.2 Å². The minimum atomic E-state index is -0.461. The van der Waals surface area contributed by atoms with Gasteiger partial charge in [-0.05, 0) is 24.9 Å². The summed E-state index contributed by atoms with van der Waals surface area (Å²) >= 11 is 0. The van der Waals surface area contributed by atoms with Gasteiger partial charge in [0.05, 0.1) is 23.5 Å². The number of nitrogens with one attached hydrogen (secondary N) is 2. The number of carbonyl (C=O) groups is 1. The summed E-state index contributed by atoms with van der Waals surface area (Å²) in [5.41, 5.74) is 0.429. The number of hydrogen-bond donors (Lipinski definition) is 2. The van der Waals surface area contributed by atoms with E-state index in [1.165, 1.54) is 12.1 Å². The number of carbonyl (C=O) groups excluding carboxylic acids is 1. The Bertz CT molecular complexity index is 547. The molecule has 23 heavy (non-hydrogen) atoms. The van der Waals surface area contributed by atoms with Crippen LogP contribution < -0.4 is 10.6 Å². The first kappa shape index (κ1) is 19.3. The molecule has 128 valence electrons. The summed E-state index contributed by atoms with van der Waals surface area (Å²) in [5.74, 6) is -0.148. The maximum absolute atomic E-state index is 12.0. The summed E-state index contributed by atoms with van der Waals surface area (Å²) in [5, 5.41) is 17.0. The van der Waals surface area contributed by atoms with E-state index in [0.29, 0.717) is 18.7 Å². The van der Waals surface area contributed by atoms with Gasteiger partial charge in [0.15, 0.2) is 0 Å². The van der Waals surface area contributed by atoms with Crippen LogP contribution in [0.3, 0.4) is 0 Å². The van der Waals surface area contributed by atoms with Crippen LogP contribution in [-0.2, 0) is 16.0 Å². The van der Waals surface area contributed by atoms with Crippen LogP contribution in [0.4, 0.5) is 5.69 Å². The SMILES string of the molecule is COCC1(CNC(=O)Cc2cccc([N+](=O)[O-])c2)CCCN1.Cl. The molecule has 0 spiro atoms. The average molecular weight is 344 g/mol. The number of hydrogen-bond acceptors (Lipinski definition) is 5. The minimum absolute atomic E-state index is 0. The molecule has 0 aromatic heterocycles. The summed E-state index contributed by atoms with van der Waals surface area (Å²) < 4.78 is 5.23. The van der Waals surface area contributed by atoms with Crippen LogP contribution in [0, 0.1) is 10.1 Å². The second kappa shape index (κ2) is 8.81. The third kappa shape index (κ3) is 5.46. The normalized spacial score (nSPS) is 19.9. The van der Waals surface area contributed by atoms with E-state index in [1.807, 2.05) is 0 Å². The van der Waals surface area contributed by atoms with Gasteiger partial charge >= 0.3 is 0 Å². The van der Waals surface area contributed by atoms with Crippen LogP contribution in [0.2, 0.25) is 0 Å². The summed E-state index contributed by atoms with van der Waals surface area (Å²) in [6.45, 7) is 1.96. The lowest BCUT2D eigenvalue weighted by molar-refractivity contribution is -0.384. The molecule has 1 fully saturated rings. The predicted octanol–water partition coefficient (Wildman–Crippen LogP) is 1.44. The highest BCUT2D eigenvalue weighted by Crippen LogP contribution is 2.19. The van der Waals surface area contributed by atoms with E-state index in [0.717, 1.165) is 19.4 Å². The quantitative estimate of drug-likeness (QED) is 0.577. The molecule has 1 atom stereocenters.